The molecule has 6 nitrogen and oxygen atoms in total. The predicted molar refractivity (Wildman–Crippen MR) is 82.9 cm³/mol. The second kappa shape index (κ2) is 5.34. The average Bonchev–Trinajstić information content (AvgIpc) is 3.00. The number of benzene rings is 2. The number of hydrogen-bond donors (Lipinski definition) is 1. The lowest BCUT2D eigenvalue weighted by atomic mass is 9.95. The molecule has 0 fully saturated rings. The van der Waals surface area contributed by atoms with E-state index < -0.39 is 9.84 Å². The Kier molecular flexibility index (Phi) is 3.50. The Hall–Kier alpha value is -2.54. The van der Waals surface area contributed by atoms with Crippen molar-refractivity contribution in [3.63, 3.8) is 0 Å². The minimum atomic E-state index is -3.42. The van der Waals surface area contributed by atoms with Crippen molar-refractivity contribution >= 4 is 9.84 Å². The van der Waals surface area contributed by atoms with Gasteiger partial charge < -0.3 is 0 Å². The molecule has 1 aromatic heterocycles. The van der Waals surface area contributed by atoms with Gasteiger partial charge in [-0.25, -0.2) is 8.42 Å². The van der Waals surface area contributed by atoms with Gasteiger partial charge in [0.15, 0.2) is 9.84 Å². The van der Waals surface area contributed by atoms with Crippen LogP contribution < -0.4 is 0 Å². The maximum atomic E-state index is 12.1. The summed E-state index contributed by atoms with van der Waals surface area (Å²) in [5.74, 6) is 0.263. The summed E-state index contributed by atoms with van der Waals surface area (Å²) < 4.78 is 24.3. The van der Waals surface area contributed by atoms with Gasteiger partial charge in [0.2, 0.25) is 5.82 Å². The molecule has 3 aromatic rings. The number of nitrogens with one attached hydrogen (secondary N) is 1. The van der Waals surface area contributed by atoms with Gasteiger partial charge in [-0.2, -0.15) is 5.21 Å². The molecule has 0 aliphatic heterocycles. The number of aryl methyl sites for hydroxylation is 1. The van der Waals surface area contributed by atoms with Crippen molar-refractivity contribution in [3.8, 4) is 22.5 Å². The Bertz CT molecular complexity index is 918. The third-order valence-corrected chi connectivity index (χ3v) is 4.57. The van der Waals surface area contributed by atoms with Gasteiger partial charge >= 0.3 is 0 Å². The van der Waals surface area contributed by atoms with Gasteiger partial charge in [0.1, 0.15) is 0 Å². The molecule has 112 valence electrons. The minimum absolute atomic E-state index is 0.189. The minimum Gasteiger partial charge on any atom is -0.224 e. The molecule has 1 N–H and O–H groups in total. The molecule has 0 spiro atoms. The van der Waals surface area contributed by atoms with E-state index in [9.17, 15) is 8.42 Å². The topological polar surface area (TPSA) is 88.6 Å². The van der Waals surface area contributed by atoms with E-state index in [1.54, 1.807) is 12.1 Å². The fourth-order valence-electron chi connectivity index (χ4n) is 2.44. The Labute approximate surface area is 128 Å². The Morgan fingerprint density at radius 3 is 2.36 bits per heavy atom. The third kappa shape index (κ3) is 2.50. The quantitative estimate of drug-likeness (QED) is 0.801. The number of nitrogens with zero attached hydrogens (tertiary/aromatic N) is 3. The molecule has 22 heavy (non-hydrogen) atoms. The van der Waals surface area contributed by atoms with Crippen molar-refractivity contribution in [2.45, 2.75) is 11.8 Å². The fourth-order valence-corrected chi connectivity index (χ4v) is 3.34. The van der Waals surface area contributed by atoms with Crippen LogP contribution in [0.1, 0.15) is 5.56 Å². The van der Waals surface area contributed by atoms with Crippen molar-refractivity contribution < 1.29 is 8.42 Å². The van der Waals surface area contributed by atoms with E-state index in [1.165, 1.54) is 6.26 Å². The van der Waals surface area contributed by atoms with Crippen LogP contribution >= 0.6 is 0 Å². The molecule has 0 atom stereocenters. The van der Waals surface area contributed by atoms with Crippen LogP contribution in [0.3, 0.4) is 0 Å². The van der Waals surface area contributed by atoms with Gasteiger partial charge in [-0.05, 0) is 34.9 Å². The molecular formula is C15H14N4O2S. The van der Waals surface area contributed by atoms with Crippen LogP contribution in [0.25, 0.3) is 22.5 Å². The van der Waals surface area contributed by atoms with Gasteiger partial charge in [0.25, 0.3) is 0 Å². The van der Waals surface area contributed by atoms with Crippen LogP contribution in [0.5, 0.6) is 0 Å². The van der Waals surface area contributed by atoms with Crippen LogP contribution in [0.2, 0.25) is 0 Å². The number of tetrazole rings is 1. The summed E-state index contributed by atoms with van der Waals surface area (Å²) in [6, 6.07) is 12.9. The Morgan fingerprint density at radius 1 is 1.00 bits per heavy atom. The van der Waals surface area contributed by atoms with Crippen molar-refractivity contribution in [1.29, 1.82) is 0 Å². The summed E-state index contributed by atoms with van der Waals surface area (Å²) in [6.45, 7) is 1.97. The molecule has 0 unspecified atom stereocenters. The summed E-state index contributed by atoms with van der Waals surface area (Å²) in [5, 5.41) is 13.9. The van der Waals surface area contributed by atoms with E-state index in [2.05, 4.69) is 20.6 Å². The summed E-state index contributed by atoms with van der Waals surface area (Å²) in [7, 11) is -3.42. The van der Waals surface area contributed by atoms with E-state index >= 15 is 0 Å². The van der Waals surface area contributed by atoms with Crippen LogP contribution in [0.15, 0.2) is 47.4 Å². The molecule has 0 amide bonds. The Morgan fingerprint density at radius 2 is 1.73 bits per heavy atom. The predicted octanol–water partition coefficient (Wildman–Crippen LogP) is 2.25. The number of sulfone groups is 1. The van der Waals surface area contributed by atoms with Crippen molar-refractivity contribution in [2.75, 3.05) is 6.26 Å². The van der Waals surface area contributed by atoms with Gasteiger partial charge in [0.05, 0.1) is 4.90 Å². The van der Waals surface area contributed by atoms with Crippen LogP contribution in [-0.2, 0) is 9.84 Å². The zero-order chi connectivity index (χ0) is 15.7. The molecular weight excluding hydrogens is 300 g/mol. The number of aromatic amines is 1. The number of hydrogen-bond acceptors (Lipinski definition) is 5. The zero-order valence-electron chi connectivity index (χ0n) is 12.1. The molecule has 0 saturated heterocycles. The van der Waals surface area contributed by atoms with E-state index in [0.717, 1.165) is 16.7 Å². The first kappa shape index (κ1) is 14.4. The first-order chi connectivity index (χ1) is 10.5. The highest BCUT2D eigenvalue weighted by molar-refractivity contribution is 7.90. The number of rotatable bonds is 3. The van der Waals surface area contributed by atoms with Crippen molar-refractivity contribution in [1.82, 2.24) is 20.6 Å². The van der Waals surface area contributed by atoms with Crippen molar-refractivity contribution in [3.05, 3.63) is 48.0 Å². The Balaban J connectivity index is 2.40. The zero-order valence-corrected chi connectivity index (χ0v) is 12.9. The number of aromatic nitrogens is 4. The standard InChI is InChI=1S/C15H14N4O2S/c1-10-6-3-4-7-11(10)12-8-5-9-13(22(2,20)21)14(12)15-16-18-19-17-15/h3-9H,1-2H3,(H,16,17,18,19). The maximum Gasteiger partial charge on any atom is 0.206 e. The second-order valence-electron chi connectivity index (χ2n) is 5.00. The molecule has 2 aromatic carbocycles. The van der Waals surface area contributed by atoms with Gasteiger partial charge in [-0.15, -0.1) is 10.2 Å². The van der Waals surface area contributed by atoms with Crippen LogP contribution in [0, 0.1) is 6.92 Å². The second-order valence-corrected chi connectivity index (χ2v) is 6.99. The van der Waals surface area contributed by atoms with Crippen LogP contribution in [-0.4, -0.2) is 35.3 Å². The third-order valence-electron chi connectivity index (χ3n) is 3.43. The molecule has 0 radical (unpaired) electrons. The molecule has 0 saturated carbocycles. The largest absolute Gasteiger partial charge is 0.224 e. The smallest absolute Gasteiger partial charge is 0.206 e. The maximum absolute atomic E-state index is 12.1. The van der Waals surface area contributed by atoms with Crippen LogP contribution in [0.4, 0.5) is 0 Å². The first-order valence-electron chi connectivity index (χ1n) is 6.61. The lowest BCUT2D eigenvalue weighted by Gasteiger charge is -2.13. The number of H-pyrrole nitrogens is 1. The molecule has 0 aliphatic rings. The lowest BCUT2D eigenvalue weighted by molar-refractivity contribution is 0.602. The molecule has 3 rings (SSSR count). The highest BCUT2D eigenvalue weighted by atomic mass is 32.2. The lowest BCUT2D eigenvalue weighted by Crippen LogP contribution is -2.03. The highest BCUT2D eigenvalue weighted by Gasteiger charge is 2.22. The van der Waals surface area contributed by atoms with Gasteiger partial charge in [-0.3, -0.25) is 0 Å². The van der Waals surface area contributed by atoms with Gasteiger partial charge in [-0.1, -0.05) is 36.4 Å². The summed E-state index contributed by atoms with van der Waals surface area (Å²) in [6.07, 6.45) is 1.17. The summed E-state index contributed by atoms with van der Waals surface area (Å²) in [4.78, 5) is 0.189. The van der Waals surface area contributed by atoms with Gasteiger partial charge in [0, 0.05) is 11.8 Å². The molecule has 1 heterocycles. The molecule has 0 bridgehead atoms. The molecule has 7 heteroatoms. The van der Waals surface area contributed by atoms with E-state index in [1.807, 2.05) is 37.3 Å². The monoisotopic (exact) mass is 314 g/mol. The summed E-state index contributed by atoms with van der Waals surface area (Å²) >= 11 is 0. The first-order valence-corrected chi connectivity index (χ1v) is 8.50. The average molecular weight is 314 g/mol. The van der Waals surface area contributed by atoms with E-state index in [4.69, 9.17) is 0 Å². The highest BCUT2D eigenvalue weighted by Crippen LogP contribution is 2.36. The van der Waals surface area contributed by atoms with Crippen molar-refractivity contribution in [2.24, 2.45) is 0 Å². The van der Waals surface area contributed by atoms with E-state index in [0.29, 0.717) is 5.56 Å². The van der Waals surface area contributed by atoms with E-state index in [-0.39, 0.29) is 10.7 Å². The SMILES string of the molecule is Cc1ccccc1-c1cccc(S(C)(=O)=O)c1-c1nn[nH]n1. The summed E-state index contributed by atoms with van der Waals surface area (Å²) in [5.41, 5.74) is 3.21. The normalized spacial score (nSPS) is 11.5. The molecule has 0 aliphatic carbocycles. The fraction of sp³-hybridized carbons (Fsp3) is 0.133.